The number of carbonyl (C=O) groups excluding carboxylic acids is 1. The number of piperidine rings is 1. The molecule has 1 aliphatic rings. The first kappa shape index (κ1) is 18.8. The van der Waals surface area contributed by atoms with Crippen molar-refractivity contribution in [2.24, 2.45) is 0 Å². The van der Waals surface area contributed by atoms with Gasteiger partial charge in [0.05, 0.1) is 12.2 Å². The summed E-state index contributed by atoms with van der Waals surface area (Å²) in [6, 6.07) is 12.1. The Morgan fingerprint density at radius 2 is 2.07 bits per heavy atom. The number of benzene rings is 1. The van der Waals surface area contributed by atoms with E-state index in [4.69, 9.17) is 0 Å². The summed E-state index contributed by atoms with van der Waals surface area (Å²) in [5.41, 5.74) is 0.300. The fourth-order valence-electron chi connectivity index (χ4n) is 3.63. The van der Waals surface area contributed by atoms with Gasteiger partial charge in [-0.1, -0.05) is 6.07 Å². The number of likely N-dealkylation sites (tertiary alicyclic amines) is 1. The van der Waals surface area contributed by atoms with Gasteiger partial charge in [0.15, 0.2) is 0 Å². The van der Waals surface area contributed by atoms with Gasteiger partial charge in [0.25, 0.3) is 5.91 Å². The third kappa shape index (κ3) is 4.31. The van der Waals surface area contributed by atoms with Crippen molar-refractivity contribution in [3.05, 3.63) is 69.8 Å². The van der Waals surface area contributed by atoms with Crippen LogP contribution in [0.4, 0.5) is 10.2 Å². The molecular formula is C21H23FN4OS. The second-order valence-electron chi connectivity index (χ2n) is 7.15. The predicted octanol–water partition coefficient (Wildman–Crippen LogP) is 4.48. The molecule has 0 saturated carbocycles. The summed E-state index contributed by atoms with van der Waals surface area (Å²) >= 11 is 1.85. The van der Waals surface area contributed by atoms with Crippen LogP contribution in [-0.4, -0.2) is 33.7 Å². The maximum Gasteiger partial charge on any atom is 0.256 e. The molecule has 1 saturated heterocycles. The number of aromatic nitrogens is 2. The van der Waals surface area contributed by atoms with Gasteiger partial charge in [-0.25, -0.2) is 9.07 Å². The van der Waals surface area contributed by atoms with Crippen LogP contribution in [0.3, 0.4) is 0 Å². The summed E-state index contributed by atoms with van der Waals surface area (Å²) in [5.74, 6) is -0.0946. The van der Waals surface area contributed by atoms with Crippen molar-refractivity contribution in [3.8, 4) is 0 Å². The Balaban J connectivity index is 1.37. The Bertz CT molecular complexity index is 959. The van der Waals surface area contributed by atoms with Crippen LogP contribution in [-0.2, 0) is 6.54 Å². The van der Waals surface area contributed by atoms with Gasteiger partial charge in [-0.05, 0) is 50.1 Å². The maximum absolute atomic E-state index is 13.4. The molecule has 7 heteroatoms. The van der Waals surface area contributed by atoms with E-state index in [2.05, 4.69) is 34.4 Å². The van der Waals surface area contributed by atoms with Crippen molar-refractivity contribution in [1.29, 1.82) is 0 Å². The number of thiophene rings is 1. The molecule has 0 aliphatic carbocycles. The zero-order chi connectivity index (χ0) is 19.5. The Kier molecular flexibility index (Phi) is 5.54. The summed E-state index contributed by atoms with van der Waals surface area (Å²) in [7, 11) is 0. The van der Waals surface area contributed by atoms with E-state index < -0.39 is 5.82 Å². The van der Waals surface area contributed by atoms with E-state index in [1.54, 1.807) is 18.3 Å². The molecule has 146 valence electrons. The van der Waals surface area contributed by atoms with E-state index in [1.807, 2.05) is 16.0 Å². The molecule has 0 bridgehead atoms. The lowest BCUT2D eigenvalue weighted by molar-refractivity contribution is 0.102. The average Bonchev–Trinajstić information content (AvgIpc) is 3.31. The summed E-state index contributed by atoms with van der Waals surface area (Å²) in [5, 5.41) is 7.30. The quantitative estimate of drug-likeness (QED) is 0.689. The van der Waals surface area contributed by atoms with Crippen LogP contribution in [0.15, 0.2) is 48.7 Å². The number of rotatable bonds is 5. The van der Waals surface area contributed by atoms with Crippen molar-refractivity contribution in [2.75, 3.05) is 18.4 Å². The third-order valence-corrected chi connectivity index (χ3v) is 6.06. The van der Waals surface area contributed by atoms with E-state index in [-0.39, 0.29) is 11.9 Å². The first-order valence-electron chi connectivity index (χ1n) is 9.46. The number of anilines is 1. The maximum atomic E-state index is 13.4. The SMILES string of the molecule is Cc1ccc(CN2CCC(n3nccc3NC(=O)c3cccc(F)c3)CC2)s1. The molecule has 0 radical (unpaired) electrons. The molecule has 0 atom stereocenters. The zero-order valence-corrected chi connectivity index (χ0v) is 16.6. The average molecular weight is 399 g/mol. The number of amides is 1. The number of aryl methyl sites for hydroxylation is 1. The van der Waals surface area contributed by atoms with Crippen LogP contribution >= 0.6 is 11.3 Å². The lowest BCUT2D eigenvalue weighted by Crippen LogP contribution is -2.34. The predicted molar refractivity (Wildman–Crippen MR) is 109 cm³/mol. The number of halogens is 1. The van der Waals surface area contributed by atoms with Crippen molar-refractivity contribution in [3.63, 3.8) is 0 Å². The highest BCUT2D eigenvalue weighted by molar-refractivity contribution is 7.11. The van der Waals surface area contributed by atoms with E-state index in [0.717, 1.165) is 32.5 Å². The Hall–Kier alpha value is -2.51. The topological polar surface area (TPSA) is 50.2 Å². The molecule has 1 aliphatic heterocycles. The molecule has 4 rings (SSSR count). The Morgan fingerprint density at radius 1 is 1.25 bits per heavy atom. The van der Waals surface area contributed by atoms with Gasteiger partial charge in [0.1, 0.15) is 11.6 Å². The van der Waals surface area contributed by atoms with Crippen molar-refractivity contribution >= 4 is 23.1 Å². The number of hydrogen-bond donors (Lipinski definition) is 1. The molecule has 0 spiro atoms. The molecular weight excluding hydrogens is 375 g/mol. The zero-order valence-electron chi connectivity index (χ0n) is 15.8. The molecule has 28 heavy (non-hydrogen) atoms. The fraction of sp³-hybridized carbons (Fsp3) is 0.333. The van der Waals surface area contributed by atoms with Crippen molar-refractivity contribution in [2.45, 2.75) is 32.4 Å². The highest BCUT2D eigenvalue weighted by atomic mass is 32.1. The van der Waals surface area contributed by atoms with Gasteiger partial charge in [-0.2, -0.15) is 5.10 Å². The minimum Gasteiger partial charge on any atom is -0.307 e. The molecule has 1 amide bonds. The normalized spacial score (nSPS) is 15.6. The molecule has 2 aromatic heterocycles. The van der Waals surface area contributed by atoms with E-state index in [1.165, 1.54) is 28.0 Å². The lowest BCUT2D eigenvalue weighted by atomic mass is 10.1. The largest absolute Gasteiger partial charge is 0.307 e. The second kappa shape index (κ2) is 8.24. The minimum absolute atomic E-state index is 0.249. The summed E-state index contributed by atoms with van der Waals surface area (Å²) in [6.07, 6.45) is 3.66. The third-order valence-electron chi connectivity index (χ3n) is 5.08. The van der Waals surface area contributed by atoms with Gasteiger partial charge in [0.2, 0.25) is 0 Å². The van der Waals surface area contributed by atoms with Crippen molar-refractivity contribution in [1.82, 2.24) is 14.7 Å². The molecule has 0 unspecified atom stereocenters. The first-order valence-corrected chi connectivity index (χ1v) is 10.3. The van der Waals surface area contributed by atoms with Gasteiger partial charge in [-0.3, -0.25) is 9.69 Å². The highest BCUT2D eigenvalue weighted by Crippen LogP contribution is 2.27. The monoisotopic (exact) mass is 398 g/mol. The number of hydrogen-bond acceptors (Lipinski definition) is 4. The van der Waals surface area contributed by atoms with Crippen LogP contribution < -0.4 is 5.32 Å². The fourth-order valence-corrected chi connectivity index (χ4v) is 4.57. The van der Waals surface area contributed by atoms with Crippen LogP contribution in [0.2, 0.25) is 0 Å². The van der Waals surface area contributed by atoms with Crippen molar-refractivity contribution < 1.29 is 9.18 Å². The Labute approximate surface area is 167 Å². The molecule has 1 aromatic carbocycles. The minimum atomic E-state index is -0.422. The highest BCUT2D eigenvalue weighted by Gasteiger charge is 2.23. The number of nitrogens with zero attached hydrogens (tertiary/aromatic N) is 3. The van der Waals surface area contributed by atoms with Crippen LogP contribution in [0, 0.1) is 12.7 Å². The van der Waals surface area contributed by atoms with Crippen LogP contribution in [0.1, 0.15) is 39.0 Å². The molecule has 3 aromatic rings. The van der Waals surface area contributed by atoms with Gasteiger partial charge in [0, 0.05) is 41.0 Å². The summed E-state index contributed by atoms with van der Waals surface area (Å²) < 4.78 is 15.3. The summed E-state index contributed by atoms with van der Waals surface area (Å²) in [4.78, 5) is 17.6. The smallest absolute Gasteiger partial charge is 0.256 e. The van der Waals surface area contributed by atoms with Crippen LogP contribution in [0.25, 0.3) is 0 Å². The molecule has 1 fully saturated rings. The molecule has 1 N–H and O–H groups in total. The molecule has 3 heterocycles. The van der Waals surface area contributed by atoms with Crippen LogP contribution in [0.5, 0.6) is 0 Å². The summed E-state index contributed by atoms with van der Waals surface area (Å²) in [6.45, 7) is 5.13. The van der Waals surface area contributed by atoms with Gasteiger partial charge >= 0.3 is 0 Å². The van der Waals surface area contributed by atoms with E-state index >= 15 is 0 Å². The number of carbonyl (C=O) groups is 1. The van der Waals surface area contributed by atoms with E-state index in [9.17, 15) is 9.18 Å². The van der Waals surface area contributed by atoms with Gasteiger partial charge in [-0.15, -0.1) is 11.3 Å². The van der Waals surface area contributed by atoms with E-state index in [0.29, 0.717) is 11.4 Å². The Morgan fingerprint density at radius 3 is 2.79 bits per heavy atom. The second-order valence-corrected chi connectivity index (χ2v) is 8.52. The lowest BCUT2D eigenvalue weighted by Gasteiger charge is -2.32. The standard InChI is InChI=1S/C21H23FN4OS/c1-15-5-6-19(28-15)14-25-11-8-18(9-12-25)26-20(7-10-23-26)24-21(27)16-3-2-4-17(22)13-16/h2-7,10,13,18H,8-9,11-12,14H2,1H3,(H,24,27). The first-order chi connectivity index (χ1) is 13.6. The number of nitrogens with one attached hydrogen (secondary N) is 1. The molecule has 5 nitrogen and oxygen atoms in total. The van der Waals surface area contributed by atoms with Gasteiger partial charge < -0.3 is 5.32 Å².